The van der Waals surface area contributed by atoms with E-state index >= 15 is 0 Å². The summed E-state index contributed by atoms with van der Waals surface area (Å²) in [6.07, 6.45) is 0.186. The molecule has 0 bridgehead atoms. The minimum absolute atomic E-state index is 0.0406. The van der Waals surface area contributed by atoms with Gasteiger partial charge in [-0.25, -0.2) is 4.79 Å². The molecule has 7 heteroatoms. The van der Waals surface area contributed by atoms with Gasteiger partial charge in [-0.3, -0.25) is 9.59 Å². The van der Waals surface area contributed by atoms with Crippen molar-refractivity contribution in [2.45, 2.75) is 33.2 Å². The molecular weight excluding hydrogens is 364 g/mol. The molecule has 0 saturated carbocycles. The monoisotopic (exact) mass is 390 g/mol. The zero-order valence-corrected chi connectivity index (χ0v) is 16.9. The van der Waals surface area contributed by atoms with Crippen molar-refractivity contribution in [3.05, 3.63) is 29.3 Å². The van der Waals surface area contributed by atoms with Gasteiger partial charge in [0.15, 0.2) is 0 Å². The van der Waals surface area contributed by atoms with Gasteiger partial charge >= 0.3 is 5.97 Å². The maximum Gasteiger partial charge on any atom is 0.329 e. The smallest absolute Gasteiger partial charge is 0.329 e. The van der Waals surface area contributed by atoms with Crippen LogP contribution in [0.2, 0.25) is 0 Å². The first kappa shape index (κ1) is 19.7. The molecule has 2 aliphatic rings. The maximum atomic E-state index is 13.1. The highest BCUT2D eigenvalue weighted by molar-refractivity contribution is 7.99. The number of esters is 1. The molecule has 27 heavy (non-hydrogen) atoms. The minimum Gasteiger partial charge on any atom is -0.464 e. The Balaban J connectivity index is 1.76. The van der Waals surface area contributed by atoms with Crippen molar-refractivity contribution < 1.29 is 19.1 Å². The van der Waals surface area contributed by atoms with Gasteiger partial charge < -0.3 is 14.5 Å². The highest BCUT2D eigenvalue weighted by Crippen LogP contribution is 2.31. The fraction of sp³-hybridized carbons (Fsp3) is 0.550. The Kier molecular flexibility index (Phi) is 6.09. The molecule has 3 rings (SSSR count). The lowest BCUT2D eigenvalue weighted by Crippen LogP contribution is -2.53. The molecule has 2 atom stereocenters. The summed E-state index contributed by atoms with van der Waals surface area (Å²) in [4.78, 5) is 41.3. The first-order valence-corrected chi connectivity index (χ1v) is 10.5. The normalized spacial score (nSPS) is 22.9. The van der Waals surface area contributed by atoms with Crippen LogP contribution in [-0.2, 0) is 19.1 Å². The first-order valence-electron chi connectivity index (χ1n) is 9.35. The summed E-state index contributed by atoms with van der Waals surface area (Å²) < 4.78 is 5.14. The fourth-order valence-electron chi connectivity index (χ4n) is 3.67. The third kappa shape index (κ3) is 3.98. The van der Waals surface area contributed by atoms with Crippen LogP contribution in [0.3, 0.4) is 0 Å². The molecular formula is C20H26N2O4S. The van der Waals surface area contributed by atoms with E-state index in [-0.39, 0.29) is 24.2 Å². The summed E-state index contributed by atoms with van der Waals surface area (Å²) in [7, 11) is 0. The Morgan fingerprint density at radius 1 is 1.30 bits per heavy atom. The number of rotatable bonds is 4. The second kappa shape index (κ2) is 8.33. The molecule has 146 valence electrons. The van der Waals surface area contributed by atoms with E-state index in [0.717, 1.165) is 22.6 Å². The Hall–Kier alpha value is -2.02. The van der Waals surface area contributed by atoms with Gasteiger partial charge in [0.25, 0.3) is 0 Å². The van der Waals surface area contributed by atoms with Gasteiger partial charge in [0.1, 0.15) is 6.04 Å². The van der Waals surface area contributed by atoms with Crippen molar-refractivity contribution in [1.29, 1.82) is 0 Å². The van der Waals surface area contributed by atoms with Crippen LogP contribution < -0.4 is 4.90 Å². The number of carbonyl (C=O) groups is 3. The van der Waals surface area contributed by atoms with Crippen LogP contribution in [0.15, 0.2) is 18.2 Å². The molecule has 0 N–H and O–H groups in total. The van der Waals surface area contributed by atoms with Gasteiger partial charge in [-0.1, -0.05) is 12.1 Å². The van der Waals surface area contributed by atoms with Gasteiger partial charge in [-0.05, 0) is 38.0 Å². The standard InChI is InChI=1S/C20H26N2O4S/c1-4-26-20(25)17-12-27-9-8-21(17)19(24)15-10-18(23)22(11-15)16-7-5-6-13(2)14(16)3/h5-7,15,17H,4,8-12H2,1-3H3. The van der Waals surface area contributed by atoms with Crippen molar-refractivity contribution in [2.75, 3.05) is 36.1 Å². The third-order valence-corrected chi connectivity index (χ3v) is 6.33. The van der Waals surface area contributed by atoms with E-state index in [1.807, 2.05) is 32.0 Å². The molecule has 2 fully saturated rings. The zero-order valence-electron chi connectivity index (χ0n) is 16.1. The minimum atomic E-state index is -0.555. The molecule has 6 nitrogen and oxygen atoms in total. The topological polar surface area (TPSA) is 66.9 Å². The van der Waals surface area contributed by atoms with Crippen LogP contribution in [0.25, 0.3) is 0 Å². The highest BCUT2D eigenvalue weighted by Gasteiger charge is 2.42. The summed E-state index contributed by atoms with van der Waals surface area (Å²) in [5.41, 5.74) is 3.04. The van der Waals surface area contributed by atoms with Crippen molar-refractivity contribution in [3.63, 3.8) is 0 Å². The largest absolute Gasteiger partial charge is 0.464 e. The predicted molar refractivity (Wildman–Crippen MR) is 106 cm³/mol. The van der Waals surface area contributed by atoms with Gasteiger partial charge in [0, 0.05) is 36.7 Å². The van der Waals surface area contributed by atoms with Crippen molar-refractivity contribution in [3.8, 4) is 0 Å². The lowest BCUT2D eigenvalue weighted by molar-refractivity contribution is -0.155. The van der Waals surface area contributed by atoms with Crippen LogP contribution in [0.5, 0.6) is 0 Å². The summed E-state index contributed by atoms with van der Waals surface area (Å²) in [6.45, 7) is 6.94. The fourth-order valence-corrected chi connectivity index (χ4v) is 4.70. The van der Waals surface area contributed by atoms with E-state index in [2.05, 4.69) is 0 Å². The second-order valence-electron chi connectivity index (χ2n) is 7.00. The number of carbonyl (C=O) groups excluding carboxylic acids is 3. The van der Waals surface area contributed by atoms with Gasteiger partial charge in [-0.2, -0.15) is 11.8 Å². The van der Waals surface area contributed by atoms with Crippen LogP contribution >= 0.6 is 11.8 Å². The molecule has 0 aromatic heterocycles. The Labute approximate surface area is 164 Å². The number of aryl methyl sites for hydroxylation is 1. The summed E-state index contributed by atoms with van der Waals surface area (Å²) in [5, 5.41) is 0. The van der Waals surface area contributed by atoms with Crippen LogP contribution in [0, 0.1) is 19.8 Å². The van der Waals surface area contributed by atoms with Crippen molar-refractivity contribution in [1.82, 2.24) is 4.90 Å². The van der Waals surface area contributed by atoms with Crippen molar-refractivity contribution >= 4 is 35.2 Å². The number of anilines is 1. The molecule has 0 aliphatic carbocycles. The summed E-state index contributed by atoms with van der Waals surface area (Å²) in [6, 6.07) is 5.31. The van der Waals surface area contributed by atoms with E-state index in [1.165, 1.54) is 0 Å². The van der Waals surface area contributed by atoms with Gasteiger partial charge in [0.05, 0.1) is 12.5 Å². The van der Waals surface area contributed by atoms with E-state index in [0.29, 0.717) is 25.4 Å². The Morgan fingerprint density at radius 3 is 2.81 bits per heavy atom. The van der Waals surface area contributed by atoms with Gasteiger partial charge in [0.2, 0.25) is 11.8 Å². The molecule has 1 aromatic rings. The molecule has 1 aromatic carbocycles. The van der Waals surface area contributed by atoms with Gasteiger partial charge in [-0.15, -0.1) is 0 Å². The number of hydrogen-bond acceptors (Lipinski definition) is 5. The SMILES string of the molecule is CCOC(=O)C1CSCCN1C(=O)C1CC(=O)N(c2cccc(C)c2C)C1. The second-order valence-corrected chi connectivity index (χ2v) is 8.15. The molecule has 2 heterocycles. The Morgan fingerprint density at radius 2 is 2.07 bits per heavy atom. The van der Waals surface area contributed by atoms with Crippen LogP contribution in [-0.4, -0.2) is 59.9 Å². The summed E-state index contributed by atoms with van der Waals surface area (Å²) in [5.74, 6) is 0.413. The number of hydrogen-bond donors (Lipinski definition) is 0. The molecule has 2 saturated heterocycles. The number of ether oxygens (including phenoxy) is 1. The van der Waals surface area contributed by atoms with E-state index in [1.54, 1.807) is 28.5 Å². The molecule has 0 radical (unpaired) electrons. The molecule has 0 spiro atoms. The van der Waals surface area contributed by atoms with E-state index < -0.39 is 12.0 Å². The average Bonchev–Trinajstić information content (AvgIpc) is 3.05. The molecule has 2 aliphatic heterocycles. The quantitative estimate of drug-likeness (QED) is 0.737. The zero-order chi connectivity index (χ0) is 19.6. The maximum absolute atomic E-state index is 13.1. The number of thioether (sulfide) groups is 1. The third-order valence-electron chi connectivity index (χ3n) is 5.31. The van der Waals surface area contributed by atoms with E-state index in [9.17, 15) is 14.4 Å². The van der Waals surface area contributed by atoms with Crippen LogP contribution in [0.4, 0.5) is 5.69 Å². The van der Waals surface area contributed by atoms with E-state index in [4.69, 9.17) is 4.74 Å². The molecule has 2 amide bonds. The lowest BCUT2D eigenvalue weighted by atomic mass is 10.1. The number of benzene rings is 1. The average molecular weight is 391 g/mol. The molecule has 2 unspecified atom stereocenters. The first-order chi connectivity index (χ1) is 12.9. The van der Waals surface area contributed by atoms with Crippen molar-refractivity contribution in [2.24, 2.45) is 5.92 Å². The van der Waals surface area contributed by atoms with Crippen LogP contribution in [0.1, 0.15) is 24.5 Å². The number of nitrogens with zero attached hydrogens (tertiary/aromatic N) is 2. The predicted octanol–water partition coefficient (Wildman–Crippen LogP) is 2.16. The summed E-state index contributed by atoms with van der Waals surface area (Å²) >= 11 is 1.65. The Bertz CT molecular complexity index is 751. The highest BCUT2D eigenvalue weighted by atomic mass is 32.2. The lowest BCUT2D eigenvalue weighted by Gasteiger charge is -2.35. The number of amides is 2.